The first kappa shape index (κ1) is 14.3. The average molecular weight is 323 g/mol. The summed E-state index contributed by atoms with van der Waals surface area (Å²) in [5.74, 6) is 0. The predicted molar refractivity (Wildman–Crippen MR) is 94.7 cm³/mol. The van der Waals surface area contributed by atoms with Crippen molar-refractivity contribution in [1.29, 1.82) is 0 Å². The Morgan fingerprint density at radius 2 is 2.00 bits per heavy atom. The van der Waals surface area contributed by atoms with Crippen LogP contribution in [0.4, 0.5) is 0 Å². The fourth-order valence-corrected chi connectivity index (χ4v) is 4.22. The topological polar surface area (TPSA) is 47.2 Å². The zero-order valence-corrected chi connectivity index (χ0v) is 13.8. The van der Waals surface area contributed by atoms with Crippen molar-refractivity contribution in [3.63, 3.8) is 0 Å². The third kappa shape index (κ3) is 2.61. The molecular formula is C18H17N3OS. The van der Waals surface area contributed by atoms with E-state index in [2.05, 4.69) is 10.1 Å². The van der Waals surface area contributed by atoms with Crippen LogP contribution in [0.15, 0.2) is 40.5 Å². The number of hydrogen-bond donors (Lipinski definition) is 0. The van der Waals surface area contributed by atoms with Crippen molar-refractivity contribution >= 4 is 27.8 Å². The average Bonchev–Trinajstić information content (AvgIpc) is 2.95. The molecule has 0 saturated heterocycles. The molecule has 0 unspecified atom stereocenters. The first-order chi connectivity index (χ1) is 11.2. The van der Waals surface area contributed by atoms with Crippen molar-refractivity contribution in [2.45, 2.75) is 32.6 Å². The first-order valence-electron chi connectivity index (χ1n) is 7.85. The van der Waals surface area contributed by atoms with E-state index < -0.39 is 0 Å². The molecule has 0 atom stereocenters. The number of fused-ring (bicyclic) bond motifs is 3. The van der Waals surface area contributed by atoms with Crippen LogP contribution in [0, 0.1) is 6.92 Å². The first-order valence-corrected chi connectivity index (χ1v) is 8.67. The molecule has 2 heterocycles. The van der Waals surface area contributed by atoms with Crippen LogP contribution in [-0.2, 0) is 12.8 Å². The minimum Gasteiger partial charge on any atom is -0.267 e. The molecule has 2 aromatic heterocycles. The lowest BCUT2D eigenvalue weighted by Gasteiger charge is -2.09. The highest BCUT2D eigenvalue weighted by Gasteiger charge is 2.19. The maximum absolute atomic E-state index is 12.8. The second-order valence-electron chi connectivity index (χ2n) is 5.94. The third-order valence-electron chi connectivity index (χ3n) is 4.27. The number of nitrogens with zero attached hydrogens (tertiary/aromatic N) is 3. The maximum Gasteiger partial charge on any atom is 0.282 e. The van der Waals surface area contributed by atoms with Gasteiger partial charge in [0.1, 0.15) is 11.2 Å². The molecule has 0 spiro atoms. The second kappa shape index (κ2) is 5.74. The van der Waals surface area contributed by atoms with Crippen molar-refractivity contribution in [2.75, 3.05) is 0 Å². The molecule has 3 aromatic rings. The van der Waals surface area contributed by atoms with Crippen LogP contribution < -0.4 is 5.56 Å². The molecule has 1 aliphatic rings. The number of rotatable bonds is 2. The quantitative estimate of drug-likeness (QED) is 0.677. The lowest BCUT2D eigenvalue weighted by Crippen LogP contribution is -2.18. The zero-order valence-electron chi connectivity index (χ0n) is 13.0. The van der Waals surface area contributed by atoms with E-state index in [0.717, 1.165) is 35.0 Å². The summed E-state index contributed by atoms with van der Waals surface area (Å²) in [6.45, 7) is 2.04. The van der Waals surface area contributed by atoms with Crippen molar-refractivity contribution in [1.82, 2.24) is 9.66 Å². The van der Waals surface area contributed by atoms with Crippen LogP contribution in [0.2, 0.25) is 0 Å². The van der Waals surface area contributed by atoms with Gasteiger partial charge >= 0.3 is 0 Å². The van der Waals surface area contributed by atoms with Crippen LogP contribution in [-0.4, -0.2) is 15.9 Å². The molecule has 0 saturated carbocycles. The largest absolute Gasteiger partial charge is 0.282 e. The van der Waals surface area contributed by atoms with E-state index in [9.17, 15) is 4.79 Å². The van der Waals surface area contributed by atoms with E-state index in [0.29, 0.717) is 0 Å². The van der Waals surface area contributed by atoms with Gasteiger partial charge in [0.15, 0.2) is 0 Å². The highest BCUT2D eigenvalue weighted by Crippen LogP contribution is 2.33. The summed E-state index contributed by atoms with van der Waals surface area (Å²) in [7, 11) is 0. The van der Waals surface area contributed by atoms with E-state index in [4.69, 9.17) is 0 Å². The highest BCUT2D eigenvalue weighted by molar-refractivity contribution is 7.18. The van der Waals surface area contributed by atoms with Gasteiger partial charge in [-0.25, -0.2) is 4.98 Å². The molecule has 4 nitrogen and oxygen atoms in total. The van der Waals surface area contributed by atoms with Gasteiger partial charge in [-0.3, -0.25) is 4.79 Å². The lowest BCUT2D eigenvalue weighted by atomic mass is 9.97. The van der Waals surface area contributed by atoms with Crippen molar-refractivity contribution in [3.05, 3.63) is 62.5 Å². The Balaban J connectivity index is 1.77. The van der Waals surface area contributed by atoms with Gasteiger partial charge in [-0.2, -0.15) is 9.78 Å². The van der Waals surface area contributed by atoms with Crippen LogP contribution >= 0.6 is 11.3 Å². The van der Waals surface area contributed by atoms with Gasteiger partial charge in [0.05, 0.1) is 11.6 Å². The number of aromatic nitrogens is 2. The van der Waals surface area contributed by atoms with Crippen LogP contribution in [0.25, 0.3) is 10.2 Å². The summed E-state index contributed by atoms with van der Waals surface area (Å²) in [5, 5.41) is 5.08. The fraction of sp³-hybridized carbons (Fsp3) is 0.278. The van der Waals surface area contributed by atoms with Crippen LogP contribution in [0.3, 0.4) is 0 Å². The maximum atomic E-state index is 12.8. The van der Waals surface area contributed by atoms with Gasteiger partial charge in [0, 0.05) is 4.88 Å². The SMILES string of the molecule is Cc1ccc(/C=N/n2cnc3sc4c(c3c2=O)CCCC4)cc1. The molecule has 116 valence electrons. The summed E-state index contributed by atoms with van der Waals surface area (Å²) in [6, 6.07) is 8.03. The molecule has 1 aliphatic carbocycles. The lowest BCUT2D eigenvalue weighted by molar-refractivity contribution is 0.699. The van der Waals surface area contributed by atoms with E-state index in [1.807, 2.05) is 31.2 Å². The van der Waals surface area contributed by atoms with Gasteiger partial charge < -0.3 is 0 Å². The Morgan fingerprint density at radius 3 is 2.83 bits per heavy atom. The molecule has 0 radical (unpaired) electrons. The van der Waals surface area contributed by atoms with E-state index >= 15 is 0 Å². The third-order valence-corrected chi connectivity index (χ3v) is 5.47. The summed E-state index contributed by atoms with van der Waals surface area (Å²) in [6.07, 6.45) is 7.64. The van der Waals surface area contributed by atoms with Crippen molar-refractivity contribution in [3.8, 4) is 0 Å². The summed E-state index contributed by atoms with van der Waals surface area (Å²) in [4.78, 5) is 19.4. The standard InChI is InChI=1S/C18H17N3OS/c1-12-6-8-13(9-7-12)10-20-21-11-19-17-16(18(21)22)14-4-2-3-5-15(14)23-17/h6-11H,2-5H2,1H3/b20-10+. The molecule has 23 heavy (non-hydrogen) atoms. The highest BCUT2D eigenvalue weighted by atomic mass is 32.1. The molecule has 0 fully saturated rings. The molecule has 4 rings (SSSR count). The molecule has 1 aromatic carbocycles. The molecule has 0 bridgehead atoms. The second-order valence-corrected chi connectivity index (χ2v) is 7.02. The minimum absolute atomic E-state index is 0.0576. The predicted octanol–water partition coefficient (Wildman–Crippen LogP) is 3.53. The minimum atomic E-state index is -0.0576. The van der Waals surface area contributed by atoms with Gasteiger partial charge in [0.2, 0.25) is 0 Å². The van der Waals surface area contributed by atoms with E-state index in [1.54, 1.807) is 17.6 Å². The Hall–Kier alpha value is -2.27. The molecule has 5 heteroatoms. The Bertz CT molecular complexity index is 951. The number of aryl methyl sites for hydroxylation is 3. The Labute approximate surface area is 138 Å². The normalized spacial score (nSPS) is 14.5. The van der Waals surface area contributed by atoms with Gasteiger partial charge in [0.25, 0.3) is 5.56 Å². The Kier molecular flexibility index (Phi) is 3.58. The van der Waals surface area contributed by atoms with E-state index in [1.165, 1.54) is 33.4 Å². The molecule has 0 amide bonds. The fourth-order valence-electron chi connectivity index (χ4n) is 3.00. The molecule has 0 N–H and O–H groups in total. The monoisotopic (exact) mass is 323 g/mol. The van der Waals surface area contributed by atoms with Gasteiger partial charge in [-0.05, 0) is 43.7 Å². The van der Waals surface area contributed by atoms with Crippen molar-refractivity contribution in [2.24, 2.45) is 5.10 Å². The summed E-state index contributed by atoms with van der Waals surface area (Å²) >= 11 is 1.66. The van der Waals surface area contributed by atoms with Gasteiger partial charge in [-0.15, -0.1) is 11.3 Å². The van der Waals surface area contributed by atoms with Gasteiger partial charge in [-0.1, -0.05) is 29.8 Å². The molecular weight excluding hydrogens is 306 g/mol. The summed E-state index contributed by atoms with van der Waals surface area (Å²) < 4.78 is 1.35. The molecule has 0 aliphatic heterocycles. The Morgan fingerprint density at radius 1 is 1.22 bits per heavy atom. The zero-order chi connectivity index (χ0) is 15.8. The number of thiophene rings is 1. The number of benzene rings is 1. The van der Waals surface area contributed by atoms with Crippen LogP contribution in [0.5, 0.6) is 0 Å². The van der Waals surface area contributed by atoms with E-state index in [-0.39, 0.29) is 5.56 Å². The van der Waals surface area contributed by atoms with Crippen molar-refractivity contribution < 1.29 is 0 Å². The van der Waals surface area contributed by atoms with Crippen LogP contribution in [0.1, 0.15) is 34.4 Å². The summed E-state index contributed by atoms with van der Waals surface area (Å²) in [5.41, 5.74) is 3.31. The smallest absolute Gasteiger partial charge is 0.267 e. The number of hydrogen-bond acceptors (Lipinski definition) is 4.